The van der Waals surface area contributed by atoms with Crippen LogP contribution in [0.15, 0.2) is 45.7 Å². The summed E-state index contributed by atoms with van der Waals surface area (Å²) in [7, 11) is -3.08. The Morgan fingerprint density at radius 1 is 1.27 bits per heavy atom. The van der Waals surface area contributed by atoms with Gasteiger partial charge in [0.1, 0.15) is 0 Å². The molecule has 0 bridgehead atoms. The average Bonchev–Trinajstić information content (AvgIpc) is 2.41. The summed E-state index contributed by atoms with van der Waals surface area (Å²) in [5.74, 6) is 0.103. The summed E-state index contributed by atoms with van der Waals surface area (Å²) in [4.78, 5) is 1.03. The molecule has 1 unspecified atom stereocenters. The van der Waals surface area contributed by atoms with Crippen molar-refractivity contribution >= 4 is 33.2 Å². The van der Waals surface area contributed by atoms with E-state index in [-0.39, 0.29) is 11.0 Å². The molecule has 0 N–H and O–H groups in total. The molecule has 0 amide bonds. The molecule has 1 aliphatic heterocycles. The van der Waals surface area contributed by atoms with Gasteiger partial charge in [0.2, 0.25) is 0 Å². The van der Waals surface area contributed by atoms with Crippen molar-refractivity contribution in [3.63, 3.8) is 0 Å². The Morgan fingerprint density at radius 3 is 2.47 bits per heavy atom. The summed E-state index contributed by atoms with van der Waals surface area (Å²) in [6.07, 6.45) is 0. The van der Waals surface area contributed by atoms with Gasteiger partial charge in [-0.25, -0.2) is 8.42 Å². The number of hydrogen-bond acceptors (Lipinski definition) is 3. The zero-order chi connectivity index (χ0) is 10.9. The lowest BCUT2D eigenvalue weighted by atomic mass is 10.4. The highest BCUT2D eigenvalue weighted by atomic mass is 35.5. The third kappa shape index (κ3) is 2.77. The molecular formula is C10H9ClO2S2. The van der Waals surface area contributed by atoms with E-state index in [9.17, 15) is 8.42 Å². The summed E-state index contributed by atoms with van der Waals surface area (Å²) in [6, 6.07) is 9.65. The van der Waals surface area contributed by atoms with Crippen LogP contribution < -0.4 is 0 Å². The maximum Gasteiger partial charge on any atom is 0.174 e. The largest absolute Gasteiger partial charge is 0.224 e. The van der Waals surface area contributed by atoms with Crippen LogP contribution in [0.4, 0.5) is 0 Å². The Hall–Kier alpha value is -0.450. The summed E-state index contributed by atoms with van der Waals surface area (Å²) < 4.78 is 22.5. The third-order valence-corrected chi connectivity index (χ3v) is 5.51. The van der Waals surface area contributed by atoms with Gasteiger partial charge in [0.25, 0.3) is 0 Å². The lowest BCUT2D eigenvalue weighted by Crippen LogP contribution is -2.08. The molecule has 2 nitrogen and oxygen atoms in total. The van der Waals surface area contributed by atoms with E-state index < -0.39 is 9.84 Å². The molecule has 1 heterocycles. The van der Waals surface area contributed by atoms with Crippen LogP contribution in [0.5, 0.6) is 0 Å². The molecule has 15 heavy (non-hydrogen) atoms. The Labute approximate surface area is 98.2 Å². The second kappa shape index (κ2) is 4.20. The van der Waals surface area contributed by atoms with Gasteiger partial charge in [-0.1, -0.05) is 29.8 Å². The molecule has 1 aromatic carbocycles. The molecule has 2 rings (SSSR count). The van der Waals surface area contributed by atoms with Crippen molar-refractivity contribution in [1.29, 1.82) is 0 Å². The number of rotatable bonds is 2. The molecule has 0 saturated carbocycles. The molecule has 0 aliphatic carbocycles. The number of halogens is 1. The van der Waals surface area contributed by atoms with Crippen LogP contribution in [0.2, 0.25) is 0 Å². The topological polar surface area (TPSA) is 34.1 Å². The van der Waals surface area contributed by atoms with Crippen LogP contribution >= 0.6 is 23.4 Å². The predicted molar refractivity (Wildman–Crippen MR) is 63.8 cm³/mol. The van der Waals surface area contributed by atoms with Crippen molar-refractivity contribution in [2.24, 2.45) is 0 Å². The van der Waals surface area contributed by atoms with Gasteiger partial charge in [0.15, 0.2) is 9.84 Å². The monoisotopic (exact) mass is 260 g/mol. The number of sulfone groups is 1. The maximum absolute atomic E-state index is 11.3. The minimum atomic E-state index is -3.08. The SMILES string of the molecule is O=S1(=O)C=C(Cl)C(Sc2ccccc2)C1. The lowest BCUT2D eigenvalue weighted by Gasteiger charge is -2.08. The molecule has 1 aromatic rings. The van der Waals surface area contributed by atoms with Crippen LogP contribution in [-0.4, -0.2) is 19.4 Å². The molecule has 1 aliphatic rings. The second-order valence-electron chi connectivity index (χ2n) is 3.25. The van der Waals surface area contributed by atoms with E-state index in [0.29, 0.717) is 5.03 Å². The molecule has 80 valence electrons. The highest BCUT2D eigenvalue weighted by Crippen LogP contribution is 2.35. The molecular weight excluding hydrogens is 252 g/mol. The molecule has 0 saturated heterocycles. The van der Waals surface area contributed by atoms with Crippen molar-refractivity contribution in [3.8, 4) is 0 Å². The molecule has 1 atom stereocenters. The van der Waals surface area contributed by atoms with Gasteiger partial charge >= 0.3 is 0 Å². The van der Waals surface area contributed by atoms with Crippen LogP contribution in [0.25, 0.3) is 0 Å². The smallest absolute Gasteiger partial charge is 0.174 e. The minimum absolute atomic E-state index is 0.103. The molecule has 0 radical (unpaired) electrons. The molecule has 0 spiro atoms. The van der Waals surface area contributed by atoms with E-state index >= 15 is 0 Å². The van der Waals surface area contributed by atoms with E-state index in [1.54, 1.807) is 0 Å². The van der Waals surface area contributed by atoms with Crippen LogP contribution in [-0.2, 0) is 9.84 Å². The van der Waals surface area contributed by atoms with Crippen molar-refractivity contribution < 1.29 is 8.42 Å². The van der Waals surface area contributed by atoms with E-state index in [1.165, 1.54) is 11.8 Å². The van der Waals surface area contributed by atoms with E-state index in [0.717, 1.165) is 10.3 Å². The first-order chi connectivity index (χ1) is 7.07. The van der Waals surface area contributed by atoms with Crippen LogP contribution in [0.1, 0.15) is 0 Å². The fourth-order valence-electron chi connectivity index (χ4n) is 1.34. The molecule has 0 fully saturated rings. The van der Waals surface area contributed by atoms with Gasteiger partial charge in [-0.15, -0.1) is 11.8 Å². The van der Waals surface area contributed by atoms with Crippen LogP contribution in [0.3, 0.4) is 0 Å². The average molecular weight is 261 g/mol. The van der Waals surface area contributed by atoms with Gasteiger partial charge in [-0.05, 0) is 12.1 Å². The standard InChI is InChI=1S/C10H9ClO2S2/c11-9-6-15(12,13)7-10(9)14-8-4-2-1-3-5-8/h1-6,10H,7H2. The number of thioether (sulfide) groups is 1. The fourth-order valence-corrected chi connectivity index (χ4v) is 5.01. The van der Waals surface area contributed by atoms with Crippen molar-refractivity contribution in [1.82, 2.24) is 0 Å². The van der Waals surface area contributed by atoms with Crippen molar-refractivity contribution in [3.05, 3.63) is 40.8 Å². The quantitative estimate of drug-likeness (QED) is 0.820. The van der Waals surface area contributed by atoms with Crippen LogP contribution in [0, 0.1) is 0 Å². The van der Waals surface area contributed by atoms with E-state index in [2.05, 4.69) is 0 Å². The summed E-state index contributed by atoms with van der Waals surface area (Å²) in [5.41, 5.74) is 0. The predicted octanol–water partition coefficient (Wildman–Crippen LogP) is 2.66. The minimum Gasteiger partial charge on any atom is -0.224 e. The van der Waals surface area contributed by atoms with E-state index in [1.807, 2.05) is 30.3 Å². The molecule has 0 aromatic heterocycles. The van der Waals surface area contributed by atoms with Gasteiger partial charge in [0.05, 0.1) is 11.0 Å². The number of hydrogen-bond donors (Lipinski definition) is 0. The highest BCUT2D eigenvalue weighted by Gasteiger charge is 2.29. The molecule has 5 heteroatoms. The Bertz CT molecular complexity index is 479. The zero-order valence-corrected chi connectivity index (χ0v) is 10.1. The first-order valence-corrected chi connectivity index (χ1v) is 7.36. The van der Waals surface area contributed by atoms with E-state index in [4.69, 9.17) is 11.6 Å². The third-order valence-electron chi connectivity index (χ3n) is 2.00. The zero-order valence-electron chi connectivity index (χ0n) is 7.76. The normalized spacial score (nSPS) is 23.8. The Kier molecular flexibility index (Phi) is 3.09. The van der Waals surface area contributed by atoms with Crippen molar-refractivity contribution in [2.45, 2.75) is 10.1 Å². The fraction of sp³-hybridized carbons (Fsp3) is 0.200. The number of benzene rings is 1. The highest BCUT2D eigenvalue weighted by molar-refractivity contribution is 8.02. The van der Waals surface area contributed by atoms with Gasteiger partial charge in [-0.2, -0.15) is 0 Å². The first-order valence-electron chi connectivity index (χ1n) is 4.38. The van der Waals surface area contributed by atoms with Crippen molar-refractivity contribution in [2.75, 3.05) is 5.75 Å². The summed E-state index contributed by atoms with van der Waals surface area (Å²) >= 11 is 7.36. The van der Waals surface area contributed by atoms with Gasteiger partial charge < -0.3 is 0 Å². The Morgan fingerprint density at radius 2 is 1.93 bits per heavy atom. The first kappa shape index (κ1) is 11.0. The summed E-state index contributed by atoms with van der Waals surface area (Å²) in [6.45, 7) is 0. The van der Waals surface area contributed by atoms with Gasteiger partial charge in [-0.3, -0.25) is 0 Å². The summed E-state index contributed by atoms with van der Waals surface area (Å²) in [5, 5.41) is 1.43. The maximum atomic E-state index is 11.3. The lowest BCUT2D eigenvalue weighted by molar-refractivity contribution is 0.606. The van der Waals surface area contributed by atoms with Gasteiger partial charge in [0, 0.05) is 15.3 Å². The second-order valence-corrected chi connectivity index (χ2v) is 6.86. The Balaban J connectivity index is 2.14.